The zero-order valence-corrected chi connectivity index (χ0v) is 31.4. The third kappa shape index (κ3) is 8.16. The summed E-state index contributed by atoms with van der Waals surface area (Å²) in [6, 6.07) is 41.6. The predicted molar refractivity (Wildman–Crippen MR) is 202 cm³/mol. The Labute approximate surface area is 289 Å². The molecule has 2 unspecified atom stereocenters. The summed E-state index contributed by atoms with van der Waals surface area (Å²) in [6.07, 6.45) is 0.655. The fourth-order valence-electron chi connectivity index (χ4n) is 6.91. The zero-order chi connectivity index (χ0) is 34.8. The summed E-state index contributed by atoms with van der Waals surface area (Å²) in [5.41, 5.74) is 0. The molecule has 0 aliphatic heterocycles. The second kappa shape index (κ2) is 16.2. The number of aliphatic hydroxyl groups excluding tert-OH is 1. The summed E-state index contributed by atoms with van der Waals surface area (Å²) >= 11 is 0. The van der Waals surface area contributed by atoms with Gasteiger partial charge in [-0.05, 0) is 30.8 Å². The number of esters is 1. The molecule has 4 aromatic rings. The molecule has 0 amide bonds. The van der Waals surface area contributed by atoms with Crippen molar-refractivity contribution in [1.82, 2.24) is 0 Å². The van der Waals surface area contributed by atoms with Crippen LogP contribution < -0.4 is 20.7 Å². The minimum absolute atomic E-state index is 0.0128. The van der Waals surface area contributed by atoms with Crippen molar-refractivity contribution in [3.05, 3.63) is 134 Å². The highest BCUT2D eigenvalue weighted by Crippen LogP contribution is 2.40. The van der Waals surface area contributed by atoms with Gasteiger partial charge in [-0.3, -0.25) is 4.79 Å². The van der Waals surface area contributed by atoms with Crippen LogP contribution in [0.15, 0.2) is 134 Å². The van der Waals surface area contributed by atoms with Crippen molar-refractivity contribution >= 4 is 43.4 Å². The summed E-state index contributed by atoms with van der Waals surface area (Å²) in [5, 5.41) is 15.0. The van der Waals surface area contributed by atoms with E-state index in [4.69, 9.17) is 13.6 Å². The van der Waals surface area contributed by atoms with Crippen LogP contribution in [0.1, 0.15) is 54.4 Å². The molecule has 0 bridgehead atoms. The minimum Gasteiger partial charge on any atom is -0.461 e. The molecule has 0 spiro atoms. The second-order valence-electron chi connectivity index (χ2n) is 14.4. The van der Waals surface area contributed by atoms with Crippen molar-refractivity contribution in [3.63, 3.8) is 0 Å². The highest BCUT2D eigenvalue weighted by molar-refractivity contribution is 7.00. The lowest BCUT2D eigenvalue weighted by atomic mass is 10.1. The molecule has 5 nitrogen and oxygen atoms in total. The van der Waals surface area contributed by atoms with Crippen molar-refractivity contribution in [2.75, 3.05) is 13.2 Å². The largest absolute Gasteiger partial charge is 0.461 e. The van der Waals surface area contributed by atoms with E-state index < -0.39 is 28.8 Å². The Hall–Kier alpha value is -3.60. The van der Waals surface area contributed by atoms with Crippen LogP contribution in [0, 0.1) is 0 Å². The van der Waals surface area contributed by atoms with Gasteiger partial charge in [0.2, 0.25) is 0 Å². The maximum atomic E-state index is 13.3. The van der Waals surface area contributed by atoms with E-state index in [-0.39, 0.29) is 35.7 Å². The number of ether oxygens (including phenoxy) is 1. The molecular formula is C41H52O5Si2. The number of hydrogen-bond donors (Lipinski definition) is 1. The van der Waals surface area contributed by atoms with Gasteiger partial charge in [0.15, 0.2) is 0 Å². The van der Waals surface area contributed by atoms with E-state index in [2.05, 4.69) is 96.7 Å². The molecule has 0 radical (unpaired) electrons. The Bertz CT molecular complexity index is 1490. The SMILES string of the molecule is C=CCOC(=O)CC(CC(CO)O[Si](c1ccccc1)(c1ccccc1)C(C)(C)C)O[Si](c1ccccc1)(c1ccccc1)C(C)(C)C. The fourth-order valence-corrected chi connectivity index (χ4v) is 16.3. The standard InChI is InChI=1S/C41H52O5Si2/c1-8-29-44-39(43)31-33(45-47(40(2,3)4,35-21-13-9-14-22-35)36-23-15-10-16-24-36)30-34(32-42)46-48(41(5,6)7,37-25-17-11-18-26-37)38-27-19-12-20-28-38/h8-28,33-34,42H,1,29-32H2,2-7H3. The van der Waals surface area contributed by atoms with Crippen molar-refractivity contribution < 1.29 is 23.5 Å². The van der Waals surface area contributed by atoms with Crippen LogP contribution in [0.2, 0.25) is 10.1 Å². The summed E-state index contributed by atoms with van der Waals surface area (Å²) in [5.74, 6) is -0.375. The van der Waals surface area contributed by atoms with E-state index in [0.29, 0.717) is 6.42 Å². The van der Waals surface area contributed by atoms with Gasteiger partial charge >= 0.3 is 5.97 Å². The lowest BCUT2D eigenvalue weighted by molar-refractivity contribution is -0.144. The van der Waals surface area contributed by atoms with E-state index >= 15 is 0 Å². The highest BCUT2D eigenvalue weighted by atomic mass is 28.4. The number of aliphatic hydroxyl groups is 1. The Morgan fingerprint density at radius 2 is 0.979 bits per heavy atom. The average Bonchev–Trinajstić information content (AvgIpc) is 3.08. The first kappa shape index (κ1) is 37.2. The molecule has 0 aromatic heterocycles. The van der Waals surface area contributed by atoms with E-state index in [1.54, 1.807) is 6.08 Å². The van der Waals surface area contributed by atoms with E-state index in [1.165, 1.54) is 0 Å². The average molecular weight is 681 g/mol. The topological polar surface area (TPSA) is 65.0 Å². The van der Waals surface area contributed by atoms with Gasteiger partial charge in [0.1, 0.15) is 6.61 Å². The number of hydrogen-bond acceptors (Lipinski definition) is 5. The summed E-state index contributed by atoms with van der Waals surface area (Å²) in [6.45, 7) is 16.9. The van der Waals surface area contributed by atoms with Gasteiger partial charge < -0.3 is 18.7 Å². The minimum atomic E-state index is -3.07. The summed E-state index contributed by atoms with van der Waals surface area (Å²) in [4.78, 5) is 13.3. The van der Waals surface area contributed by atoms with Crippen molar-refractivity contribution in [2.24, 2.45) is 0 Å². The Morgan fingerprint density at radius 1 is 0.646 bits per heavy atom. The maximum Gasteiger partial charge on any atom is 0.308 e. The Morgan fingerprint density at radius 3 is 1.27 bits per heavy atom. The quantitative estimate of drug-likeness (QED) is 0.0898. The molecule has 2 atom stereocenters. The van der Waals surface area contributed by atoms with Gasteiger partial charge in [-0.15, -0.1) is 0 Å². The fraction of sp³-hybridized carbons (Fsp3) is 0.341. The van der Waals surface area contributed by atoms with Crippen LogP contribution in [0.5, 0.6) is 0 Å². The van der Waals surface area contributed by atoms with Gasteiger partial charge in [0.05, 0.1) is 25.2 Å². The first-order chi connectivity index (χ1) is 22.9. The van der Waals surface area contributed by atoms with Crippen molar-refractivity contribution in [2.45, 2.75) is 76.7 Å². The maximum absolute atomic E-state index is 13.3. The normalized spacial score (nSPS) is 13.8. The second-order valence-corrected chi connectivity index (χ2v) is 22.9. The van der Waals surface area contributed by atoms with Crippen LogP contribution in [-0.4, -0.2) is 53.1 Å². The Balaban J connectivity index is 1.86. The number of carbonyl (C=O) groups excluding carboxylic acids is 1. The third-order valence-corrected chi connectivity index (χ3v) is 19.2. The molecule has 4 aromatic carbocycles. The smallest absolute Gasteiger partial charge is 0.308 e. The molecule has 7 heteroatoms. The molecule has 0 fully saturated rings. The monoisotopic (exact) mass is 680 g/mol. The molecule has 0 aliphatic carbocycles. The van der Waals surface area contributed by atoms with Crippen LogP contribution in [0.3, 0.4) is 0 Å². The van der Waals surface area contributed by atoms with E-state index in [0.717, 1.165) is 20.7 Å². The molecule has 48 heavy (non-hydrogen) atoms. The van der Waals surface area contributed by atoms with Gasteiger partial charge in [-0.1, -0.05) is 176 Å². The van der Waals surface area contributed by atoms with Crippen LogP contribution in [0.25, 0.3) is 0 Å². The first-order valence-electron chi connectivity index (χ1n) is 16.8. The predicted octanol–water partition coefficient (Wildman–Crippen LogP) is 6.38. The molecular weight excluding hydrogens is 629 g/mol. The van der Waals surface area contributed by atoms with Gasteiger partial charge in [0, 0.05) is 6.42 Å². The summed E-state index contributed by atoms with van der Waals surface area (Å²) < 4.78 is 20.4. The van der Waals surface area contributed by atoms with Gasteiger partial charge in [0.25, 0.3) is 16.6 Å². The molecule has 4 rings (SSSR count). The highest BCUT2D eigenvalue weighted by Gasteiger charge is 2.54. The number of carbonyl (C=O) groups is 1. The molecule has 0 saturated heterocycles. The van der Waals surface area contributed by atoms with E-state index in [9.17, 15) is 9.90 Å². The Kier molecular flexibility index (Phi) is 12.6. The van der Waals surface area contributed by atoms with Crippen LogP contribution >= 0.6 is 0 Å². The molecule has 0 aliphatic rings. The summed E-state index contributed by atoms with van der Waals surface area (Å²) in [7, 11) is -6.08. The zero-order valence-electron chi connectivity index (χ0n) is 29.4. The third-order valence-electron chi connectivity index (χ3n) is 9.01. The number of rotatable bonds is 15. The molecule has 254 valence electrons. The first-order valence-corrected chi connectivity index (χ1v) is 20.7. The lowest BCUT2D eigenvalue weighted by Crippen LogP contribution is -2.69. The van der Waals surface area contributed by atoms with Crippen molar-refractivity contribution in [3.8, 4) is 0 Å². The number of benzene rings is 4. The van der Waals surface area contributed by atoms with E-state index in [1.807, 2.05) is 72.8 Å². The molecule has 0 heterocycles. The van der Waals surface area contributed by atoms with Crippen LogP contribution in [-0.2, 0) is 18.4 Å². The van der Waals surface area contributed by atoms with Crippen molar-refractivity contribution in [1.29, 1.82) is 0 Å². The molecule has 0 saturated carbocycles. The van der Waals surface area contributed by atoms with Crippen LogP contribution in [0.4, 0.5) is 0 Å². The lowest BCUT2D eigenvalue weighted by Gasteiger charge is -2.47. The van der Waals surface area contributed by atoms with Gasteiger partial charge in [-0.25, -0.2) is 0 Å². The van der Waals surface area contributed by atoms with Gasteiger partial charge in [-0.2, -0.15) is 0 Å². The molecule has 1 N–H and O–H groups in total.